The summed E-state index contributed by atoms with van der Waals surface area (Å²) in [6.45, 7) is 6.71. The largest absolute Gasteiger partial charge is 0.487 e. The molecule has 2 aromatic carbocycles. The number of carbonyl (C=O) groups excluding carboxylic acids is 1. The van der Waals surface area contributed by atoms with Crippen molar-refractivity contribution in [1.82, 2.24) is 5.32 Å². The third kappa shape index (κ3) is 4.07. The van der Waals surface area contributed by atoms with Gasteiger partial charge >= 0.3 is 0 Å². The molecule has 0 spiro atoms. The number of hydrogen-bond donors (Lipinski definition) is 2. The van der Waals surface area contributed by atoms with Crippen molar-refractivity contribution in [3.63, 3.8) is 0 Å². The Morgan fingerprint density at radius 1 is 1.23 bits per heavy atom. The average molecular weight is 353 g/mol. The van der Waals surface area contributed by atoms with Gasteiger partial charge in [0.15, 0.2) is 0 Å². The maximum atomic E-state index is 12.1. The van der Waals surface area contributed by atoms with Crippen molar-refractivity contribution < 1.29 is 14.6 Å². The molecule has 26 heavy (non-hydrogen) atoms. The minimum Gasteiger partial charge on any atom is -0.487 e. The van der Waals surface area contributed by atoms with Gasteiger partial charge in [-0.1, -0.05) is 38.1 Å². The predicted molar refractivity (Wildman–Crippen MR) is 103 cm³/mol. The van der Waals surface area contributed by atoms with E-state index in [1.807, 2.05) is 12.1 Å². The third-order valence-electron chi connectivity index (χ3n) is 4.87. The minimum atomic E-state index is -0.304. The van der Waals surface area contributed by atoms with Gasteiger partial charge in [-0.3, -0.25) is 4.79 Å². The van der Waals surface area contributed by atoms with E-state index in [4.69, 9.17) is 9.84 Å². The molecule has 1 atom stereocenters. The fraction of sp³-hybridized carbons (Fsp3) is 0.409. The zero-order chi connectivity index (χ0) is 18.7. The number of nitrogens with one attached hydrogen (secondary N) is 1. The summed E-state index contributed by atoms with van der Waals surface area (Å²) in [6.07, 6.45) is 1.60. The van der Waals surface area contributed by atoms with Crippen molar-refractivity contribution in [2.75, 3.05) is 13.2 Å². The number of ether oxygens (including phenoxy) is 1. The molecule has 0 saturated carbocycles. The minimum absolute atomic E-state index is 0.0620. The zero-order valence-electron chi connectivity index (χ0n) is 15.7. The van der Waals surface area contributed by atoms with Crippen LogP contribution in [-0.2, 0) is 12.8 Å². The standard InChI is InChI=1S/C22H27NO3/c1-15(2)17-6-4-16(5-7-17)13-22(3)14-19-12-18(8-9-20(19)26-22)21(25)23-10-11-24/h4-9,12,15,24H,10-11,13-14H2,1-3H3,(H,23,25)/t22-/m0/s1. The van der Waals surface area contributed by atoms with E-state index in [0.29, 0.717) is 11.5 Å². The van der Waals surface area contributed by atoms with E-state index < -0.39 is 0 Å². The second-order valence-electron chi connectivity index (χ2n) is 7.60. The summed E-state index contributed by atoms with van der Waals surface area (Å²) in [7, 11) is 0. The molecule has 0 aliphatic carbocycles. The highest BCUT2D eigenvalue weighted by Crippen LogP contribution is 2.37. The van der Waals surface area contributed by atoms with Crippen LogP contribution >= 0.6 is 0 Å². The van der Waals surface area contributed by atoms with Crippen LogP contribution in [0.2, 0.25) is 0 Å². The van der Waals surface area contributed by atoms with Crippen LogP contribution in [-0.4, -0.2) is 29.8 Å². The van der Waals surface area contributed by atoms with E-state index in [1.165, 1.54) is 11.1 Å². The molecule has 0 bridgehead atoms. The Balaban J connectivity index is 1.71. The van der Waals surface area contributed by atoms with E-state index in [-0.39, 0.29) is 24.7 Å². The van der Waals surface area contributed by atoms with E-state index in [1.54, 1.807) is 6.07 Å². The van der Waals surface area contributed by atoms with Crippen LogP contribution in [0.25, 0.3) is 0 Å². The first-order valence-electron chi connectivity index (χ1n) is 9.20. The molecule has 1 aliphatic rings. The monoisotopic (exact) mass is 353 g/mol. The molecule has 4 heteroatoms. The number of aliphatic hydroxyl groups is 1. The van der Waals surface area contributed by atoms with Gasteiger partial charge in [0.25, 0.3) is 5.91 Å². The van der Waals surface area contributed by atoms with Crippen molar-refractivity contribution in [2.24, 2.45) is 0 Å². The van der Waals surface area contributed by atoms with Crippen molar-refractivity contribution in [3.8, 4) is 5.75 Å². The van der Waals surface area contributed by atoms with Crippen molar-refractivity contribution >= 4 is 5.91 Å². The summed E-state index contributed by atoms with van der Waals surface area (Å²) in [5.41, 5.74) is 3.95. The Bertz CT molecular complexity index is 782. The molecule has 0 saturated heterocycles. The summed E-state index contributed by atoms with van der Waals surface area (Å²) in [6, 6.07) is 14.3. The first kappa shape index (κ1) is 18.5. The van der Waals surface area contributed by atoms with E-state index >= 15 is 0 Å². The third-order valence-corrected chi connectivity index (χ3v) is 4.87. The molecule has 0 fully saturated rings. The van der Waals surface area contributed by atoms with E-state index in [9.17, 15) is 4.79 Å². The van der Waals surface area contributed by atoms with E-state index in [2.05, 4.69) is 50.4 Å². The van der Waals surface area contributed by atoms with Gasteiger partial charge in [0.1, 0.15) is 11.4 Å². The quantitative estimate of drug-likeness (QED) is 0.836. The first-order chi connectivity index (χ1) is 12.4. The van der Waals surface area contributed by atoms with Gasteiger partial charge in [0, 0.05) is 24.9 Å². The van der Waals surface area contributed by atoms with Gasteiger partial charge in [-0.25, -0.2) is 0 Å². The summed E-state index contributed by atoms with van der Waals surface area (Å²) in [4.78, 5) is 12.1. The Kier molecular flexibility index (Phi) is 5.33. The van der Waals surface area contributed by atoms with Crippen LogP contribution in [0.3, 0.4) is 0 Å². The number of aliphatic hydroxyl groups excluding tert-OH is 1. The van der Waals surface area contributed by atoms with Gasteiger partial charge in [0.05, 0.1) is 6.61 Å². The lowest BCUT2D eigenvalue weighted by Gasteiger charge is -2.24. The Hall–Kier alpha value is -2.33. The first-order valence-corrected chi connectivity index (χ1v) is 9.20. The average Bonchev–Trinajstić information content (AvgIpc) is 2.94. The molecule has 0 radical (unpaired) electrons. The highest BCUT2D eigenvalue weighted by molar-refractivity contribution is 5.94. The lowest BCUT2D eigenvalue weighted by atomic mass is 9.90. The molecule has 1 amide bonds. The molecule has 138 valence electrons. The van der Waals surface area contributed by atoms with Crippen LogP contribution < -0.4 is 10.1 Å². The Labute approximate surface area is 155 Å². The molecule has 1 heterocycles. The number of fused-ring (bicyclic) bond motifs is 1. The highest BCUT2D eigenvalue weighted by atomic mass is 16.5. The molecule has 4 nitrogen and oxygen atoms in total. The van der Waals surface area contributed by atoms with Crippen LogP contribution in [0.1, 0.15) is 53.7 Å². The fourth-order valence-corrected chi connectivity index (χ4v) is 3.49. The zero-order valence-corrected chi connectivity index (χ0v) is 15.7. The molecule has 2 N–H and O–H groups in total. The van der Waals surface area contributed by atoms with Crippen LogP contribution in [0.5, 0.6) is 5.75 Å². The normalized spacial score (nSPS) is 18.5. The fourth-order valence-electron chi connectivity index (χ4n) is 3.49. The number of hydrogen-bond acceptors (Lipinski definition) is 3. The molecular formula is C22H27NO3. The Morgan fingerprint density at radius 3 is 2.62 bits per heavy atom. The predicted octanol–water partition coefficient (Wildman–Crippen LogP) is 3.47. The Morgan fingerprint density at radius 2 is 1.96 bits per heavy atom. The molecule has 0 aromatic heterocycles. The van der Waals surface area contributed by atoms with Gasteiger partial charge in [0.2, 0.25) is 0 Å². The second kappa shape index (κ2) is 7.50. The summed E-state index contributed by atoms with van der Waals surface area (Å²) < 4.78 is 6.22. The van der Waals surface area contributed by atoms with E-state index in [0.717, 1.165) is 24.2 Å². The molecule has 1 aliphatic heterocycles. The number of benzene rings is 2. The number of amides is 1. The molecule has 3 rings (SSSR count). The molecule has 2 aromatic rings. The van der Waals surface area contributed by atoms with Crippen molar-refractivity contribution in [2.45, 2.75) is 45.1 Å². The van der Waals surface area contributed by atoms with Crippen molar-refractivity contribution in [3.05, 3.63) is 64.7 Å². The summed E-state index contributed by atoms with van der Waals surface area (Å²) in [5.74, 6) is 1.21. The maximum Gasteiger partial charge on any atom is 0.251 e. The molecular weight excluding hydrogens is 326 g/mol. The summed E-state index contributed by atoms with van der Waals surface area (Å²) in [5, 5.41) is 11.5. The van der Waals surface area contributed by atoms with Crippen LogP contribution in [0, 0.1) is 0 Å². The summed E-state index contributed by atoms with van der Waals surface area (Å²) >= 11 is 0. The maximum absolute atomic E-state index is 12.1. The smallest absolute Gasteiger partial charge is 0.251 e. The second-order valence-corrected chi connectivity index (χ2v) is 7.60. The van der Waals surface area contributed by atoms with Crippen LogP contribution in [0.15, 0.2) is 42.5 Å². The SMILES string of the molecule is CC(C)c1ccc(C[C@@]2(C)Cc3cc(C(=O)NCCO)ccc3O2)cc1. The van der Waals surface area contributed by atoms with Crippen molar-refractivity contribution in [1.29, 1.82) is 0 Å². The molecule has 0 unspecified atom stereocenters. The van der Waals surface area contributed by atoms with Gasteiger partial charge in [-0.05, 0) is 47.7 Å². The lowest BCUT2D eigenvalue weighted by molar-refractivity contribution is 0.0944. The van der Waals surface area contributed by atoms with Gasteiger partial charge < -0.3 is 15.2 Å². The highest BCUT2D eigenvalue weighted by Gasteiger charge is 2.35. The van der Waals surface area contributed by atoms with Crippen LogP contribution in [0.4, 0.5) is 0 Å². The topological polar surface area (TPSA) is 58.6 Å². The van der Waals surface area contributed by atoms with Gasteiger partial charge in [-0.15, -0.1) is 0 Å². The number of rotatable bonds is 6. The number of carbonyl (C=O) groups is 1. The lowest BCUT2D eigenvalue weighted by Crippen LogP contribution is -2.32. The van der Waals surface area contributed by atoms with Gasteiger partial charge in [-0.2, -0.15) is 0 Å².